The van der Waals surface area contributed by atoms with Gasteiger partial charge in [-0.3, -0.25) is 4.79 Å². The fourth-order valence-electron chi connectivity index (χ4n) is 1.60. The monoisotopic (exact) mass is 252 g/mol. The summed E-state index contributed by atoms with van der Waals surface area (Å²) in [5.74, 6) is -0.312. The van der Waals surface area contributed by atoms with Crippen molar-refractivity contribution < 1.29 is 19.0 Å². The zero-order valence-electron chi connectivity index (χ0n) is 11.1. The molecule has 4 heteroatoms. The Balaban J connectivity index is 2.33. The van der Waals surface area contributed by atoms with E-state index in [1.54, 1.807) is 14.0 Å². The van der Waals surface area contributed by atoms with Crippen molar-refractivity contribution in [2.24, 2.45) is 0 Å². The van der Waals surface area contributed by atoms with Crippen LogP contribution >= 0.6 is 0 Å². The van der Waals surface area contributed by atoms with Crippen molar-refractivity contribution in [2.45, 2.75) is 32.7 Å². The molecule has 0 aliphatic rings. The maximum absolute atomic E-state index is 10.9. The maximum atomic E-state index is 10.9. The number of carbonyl (C=O) groups is 1. The average Bonchev–Trinajstić information content (AvgIpc) is 2.35. The summed E-state index contributed by atoms with van der Waals surface area (Å²) in [6.45, 7) is 4.09. The summed E-state index contributed by atoms with van der Waals surface area (Å²) in [5, 5.41) is 0. The average molecular weight is 252 g/mol. The standard InChI is InChI=1S/C14H20O4/c1-11(18-12(2)15)14(16-3)10-17-9-13-7-5-4-6-8-13/h4-8,11,14H,9-10H2,1-3H3. The zero-order valence-corrected chi connectivity index (χ0v) is 11.1. The molecule has 0 radical (unpaired) electrons. The van der Waals surface area contributed by atoms with Crippen molar-refractivity contribution in [2.75, 3.05) is 13.7 Å². The molecule has 0 spiro atoms. The number of hydrogen-bond donors (Lipinski definition) is 0. The molecule has 4 nitrogen and oxygen atoms in total. The van der Waals surface area contributed by atoms with Crippen LogP contribution in [0.25, 0.3) is 0 Å². The highest BCUT2D eigenvalue weighted by molar-refractivity contribution is 5.66. The third-order valence-corrected chi connectivity index (χ3v) is 2.57. The van der Waals surface area contributed by atoms with Gasteiger partial charge in [-0.25, -0.2) is 0 Å². The van der Waals surface area contributed by atoms with E-state index in [1.807, 2.05) is 30.3 Å². The first-order chi connectivity index (χ1) is 8.63. The van der Waals surface area contributed by atoms with Crippen LogP contribution in [0.2, 0.25) is 0 Å². The van der Waals surface area contributed by atoms with Gasteiger partial charge in [0, 0.05) is 14.0 Å². The fourth-order valence-corrected chi connectivity index (χ4v) is 1.60. The Kier molecular flexibility index (Phi) is 6.39. The first-order valence-electron chi connectivity index (χ1n) is 5.95. The first kappa shape index (κ1) is 14.7. The third-order valence-electron chi connectivity index (χ3n) is 2.57. The van der Waals surface area contributed by atoms with E-state index in [2.05, 4.69) is 0 Å². The van der Waals surface area contributed by atoms with Gasteiger partial charge in [0.1, 0.15) is 12.2 Å². The first-order valence-corrected chi connectivity index (χ1v) is 5.95. The van der Waals surface area contributed by atoms with E-state index < -0.39 is 0 Å². The molecule has 1 rings (SSSR count). The van der Waals surface area contributed by atoms with E-state index in [0.29, 0.717) is 13.2 Å². The predicted octanol–water partition coefficient (Wildman–Crippen LogP) is 2.17. The van der Waals surface area contributed by atoms with Crippen LogP contribution in [0.5, 0.6) is 0 Å². The fraction of sp³-hybridized carbons (Fsp3) is 0.500. The van der Waals surface area contributed by atoms with E-state index in [-0.39, 0.29) is 18.2 Å². The lowest BCUT2D eigenvalue weighted by Gasteiger charge is -2.22. The van der Waals surface area contributed by atoms with Gasteiger partial charge in [0.2, 0.25) is 0 Å². The van der Waals surface area contributed by atoms with Crippen LogP contribution in [0.1, 0.15) is 19.4 Å². The van der Waals surface area contributed by atoms with Crippen LogP contribution in [0.3, 0.4) is 0 Å². The second kappa shape index (κ2) is 7.84. The van der Waals surface area contributed by atoms with Gasteiger partial charge in [0.25, 0.3) is 0 Å². The van der Waals surface area contributed by atoms with Crippen LogP contribution < -0.4 is 0 Å². The highest BCUT2D eigenvalue weighted by Crippen LogP contribution is 2.07. The lowest BCUT2D eigenvalue weighted by atomic mass is 10.2. The van der Waals surface area contributed by atoms with Gasteiger partial charge in [-0.1, -0.05) is 30.3 Å². The SMILES string of the molecule is COC(COCc1ccccc1)C(C)OC(C)=O. The quantitative estimate of drug-likeness (QED) is 0.698. The predicted molar refractivity (Wildman–Crippen MR) is 68.1 cm³/mol. The lowest BCUT2D eigenvalue weighted by Crippen LogP contribution is -2.33. The van der Waals surface area contributed by atoms with E-state index in [9.17, 15) is 4.79 Å². The Morgan fingerprint density at radius 2 is 1.94 bits per heavy atom. The number of benzene rings is 1. The molecule has 0 bridgehead atoms. The summed E-state index contributed by atoms with van der Waals surface area (Å²) in [5.41, 5.74) is 1.10. The molecule has 2 atom stereocenters. The zero-order chi connectivity index (χ0) is 13.4. The third kappa shape index (κ3) is 5.29. The molecule has 0 fully saturated rings. The van der Waals surface area contributed by atoms with Gasteiger partial charge >= 0.3 is 5.97 Å². The van der Waals surface area contributed by atoms with Crippen LogP contribution in [0, 0.1) is 0 Å². The molecule has 1 aromatic carbocycles. The second-order valence-electron chi connectivity index (χ2n) is 4.09. The number of carbonyl (C=O) groups excluding carboxylic acids is 1. The smallest absolute Gasteiger partial charge is 0.302 e. The minimum absolute atomic E-state index is 0.252. The van der Waals surface area contributed by atoms with E-state index in [0.717, 1.165) is 5.56 Å². The van der Waals surface area contributed by atoms with E-state index >= 15 is 0 Å². The number of hydrogen-bond acceptors (Lipinski definition) is 4. The van der Waals surface area contributed by atoms with Gasteiger partial charge in [-0.15, -0.1) is 0 Å². The number of esters is 1. The topological polar surface area (TPSA) is 44.8 Å². The largest absolute Gasteiger partial charge is 0.460 e. The molecule has 1 aromatic rings. The Labute approximate surface area is 108 Å². The Hall–Kier alpha value is -1.39. The molecule has 100 valence electrons. The van der Waals surface area contributed by atoms with Crippen molar-refractivity contribution in [1.29, 1.82) is 0 Å². The molecule has 0 amide bonds. The highest BCUT2D eigenvalue weighted by atomic mass is 16.6. The molecule has 0 aliphatic heterocycles. The molecule has 0 aromatic heterocycles. The minimum Gasteiger partial charge on any atom is -0.460 e. The van der Waals surface area contributed by atoms with Crippen molar-refractivity contribution in [3.05, 3.63) is 35.9 Å². The summed E-state index contributed by atoms with van der Waals surface area (Å²) < 4.78 is 15.9. The molecule has 0 saturated carbocycles. The van der Waals surface area contributed by atoms with Crippen molar-refractivity contribution in [3.63, 3.8) is 0 Å². The number of rotatable bonds is 7. The van der Waals surface area contributed by atoms with Gasteiger partial charge < -0.3 is 14.2 Å². The Bertz CT molecular complexity index is 350. The molecule has 2 unspecified atom stereocenters. The van der Waals surface area contributed by atoms with Crippen LogP contribution in [0.15, 0.2) is 30.3 Å². The van der Waals surface area contributed by atoms with E-state index in [1.165, 1.54) is 6.92 Å². The molecule has 0 saturated heterocycles. The maximum Gasteiger partial charge on any atom is 0.302 e. The summed E-state index contributed by atoms with van der Waals surface area (Å²) in [6, 6.07) is 9.89. The normalized spacial score (nSPS) is 13.9. The minimum atomic E-state index is -0.316. The summed E-state index contributed by atoms with van der Waals surface area (Å²) in [7, 11) is 1.58. The summed E-state index contributed by atoms with van der Waals surface area (Å²) >= 11 is 0. The van der Waals surface area contributed by atoms with Crippen molar-refractivity contribution in [1.82, 2.24) is 0 Å². The van der Waals surface area contributed by atoms with Gasteiger partial charge in [-0.05, 0) is 12.5 Å². The van der Waals surface area contributed by atoms with Gasteiger partial charge in [-0.2, -0.15) is 0 Å². The highest BCUT2D eigenvalue weighted by Gasteiger charge is 2.19. The second-order valence-corrected chi connectivity index (χ2v) is 4.09. The van der Waals surface area contributed by atoms with Crippen LogP contribution in [-0.2, 0) is 25.6 Å². The molecular formula is C14H20O4. The molecule has 0 aliphatic carbocycles. The Morgan fingerprint density at radius 3 is 2.50 bits per heavy atom. The summed E-state index contributed by atoms with van der Waals surface area (Å²) in [4.78, 5) is 10.9. The number of methoxy groups -OCH3 is 1. The lowest BCUT2D eigenvalue weighted by molar-refractivity contribution is -0.155. The summed E-state index contributed by atoms with van der Waals surface area (Å²) in [6.07, 6.45) is -0.569. The molecular weight excluding hydrogens is 232 g/mol. The van der Waals surface area contributed by atoms with Crippen molar-refractivity contribution >= 4 is 5.97 Å². The number of ether oxygens (including phenoxy) is 3. The van der Waals surface area contributed by atoms with Gasteiger partial charge in [0.05, 0.1) is 13.2 Å². The van der Waals surface area contributed by atoms with E-state index in [4.69, 9.17) is 14.2 Å². The van der Waals surface area contributed by atoms with Crippen molar-refractivity contribution in [3.8, 4) is 0 Å². The van der Waals surface area contributed by atoms with Crippen LogP contribution in [-0.4, -0.2) is 31.9 Å². The molecule has 0 N–H and O–H groups in total. The Morgan fingerprint density at radius 1 is 1.28 bits per heavy atom. The molecule has 0 heterocycles. The van der Waals surface area contributed by atoms with Gasteiger partial charge in [0.15, 0.2) is 0 Å². The van der Waals surface area contributed by atoms with Crippen LogP contribution in [0.4, 0.5) is 0 Å². The molecule has 18 heavy (non-hydrogen) atoms.